The van der Waals surface area contributed by atoms with Crippen molar-refractivity contribution >= 4 is 23.2 Å². The molecule has 3 aromatic rings. The molecule has 2 aromatic carbocycles. The second-order valence-corrected chi connectivity index (χ2v) is 10.0. The fraction of sp³-hybridized carbons (Fsp3) is 0.393. The summed E-state index contributed by atoms with van der Waals surface area (Å²) in [5.74, 6) is -1.12. The lowest BCUT2D eigenvalue weighted by atomic mass is 9.76. The number of nitriles is 1. The fourth-order valence-corrected chi connectivity index (χ4v) is 5.73. The molecule has 0 saturated heterocycles. The molecule has 5 rings (SSSR count). The fourth-order valence-electron chi connectivity index (χ4n) is 5.60. The van der Waals surface area contributed by atoms with Crippen molar-refractivity contribution in [1.82, 2.24) is 9.78 Å². The summed E-state index contributed by atoms with van der Waals surface area (Å²) >= 11 is 6.15. The van der Waals surface area contributed by atoms with Gasteiger partial charge in [0.15, 0.2) is 0 Å². The highest BCUT2D eigenvalue weighted by molar-refractivity contribution is 6.30. The van der Waals surface area contributed by atoms with E-state index in [1.807, 2.05) is 35.0 Å². The average Bonchev–Trinajstić information content (AvgIpc) is 3.26. The Kier molecular flexibility index (Phi) is 6.88. The molecule has 35 heavy (non-hydrogen) atoms. The Balaban J connectivity index is 1.60. The predicted molar refractivity (Wildman–Crippen MR) is 134 cm³/mol. The zero-order chi connectivity index (χ0) is 24.4. The number of carbonyl (C=O) groups is 1. The molecule has 1 fully saturated rings. The molecule has 1 atom stereocenters. The number of halogens is 2. The zero-order valence-corrected chi connectivity index (χ0v) is 20.3. The number of nitrogens with zero attached hydrogens (tertiary/aromatic N) is 3. The molecule has 1 saturated carbocycles. The summed E-state index contributed by atoms with van der Waals surface area (Å²) in [5.41, 5.74) is 4.34. The lowest BCUT2D eigenvalue weighted by Gasteiger charge is -2.31. The Labute approximate surface area is 209 Å². The van der Waals surface area contributed by atoms with Crippen molar-refractivity contribution in [2.75, 3.05) is 5.32 Å². The molecule has 7 heteroatoms. The van der Waals surface area contributed by atoms with Gasteiger partial charge in [-0.15, -0.1) is 0 Å². The van der Waals surface area contributed by atoms with Gasteiger partial charge in [0.1, 0.15) is 5.82 Å². The monoisotopic (exact) mass is 490 g/mol. The first-order chi connectivity index (χ1) is 17.0. The van der Waals surface area contributed by atoms with Crippen molar-refractivity contribution in [1.29, 1.82) is 5.26 Å². The second kappa shape index (κ2) is 10.2. The van der Waals surface area contributed by atoms with Crippen molar-refractivity contribution in [3.63, 3.8) is 0 Å². The number of fused-ring (bicyclic) bond motifs is 1. The van der Waals surface area contributed by atoms with Crippen LogP contribution in [0.2, 0.25) is 5.02 Å². The van der Waals surface area contributed by atoms with E-state index in [2.05, 4.69) is 5.32 Å². The summed E-state index contributed by atoms with van der Waals surface area (Å²) in [7, 11) is 0. The summed E-state index contributed by atoms with van der Waals surface area (Å²) in [6.07, 6.45) is 9.17. The molecule has 0 bridgehead atoms. The van der Waals surface area contributed by atoms with E-state index in [0.717, 1.165) is 80.1 Å². The number of anilines is 1. The Bertz CT molecular complexity index is 1270. The molecule has 1 amide bonds. The maximum atomic E-state index is 14.7. The van der Waals surface area contributed by atoms with Gasteiger partial charge in [-0.1, -0.05) is 30.9 Å². The molecular weight excluding hydrogens is 463 g/mol. The van der Waals surface area contributed by atoms with Gasteiger partial charge >= 0.3 is 0 Å². The standard InChI is InChI=1S/C28H28ClFN4O/c29-20-11-13-21(14-12-20)34-27(22-8-4-5-9-24(22)33-34)26(19-6-2-1-3-7-19)28(35)32-25-15-10-18(17-31)16-23(25)30/h10-16,19,26H,1-9H2,(H,32,35). The van der Waals surface area contributed by atoms with E-state index in [0.29, 0.717) is 5.02 Å². The summed E-state index contributed by atoms with van der Waals surface area (Å²) in [6.45, 7) is 0. The maximum Gasteiger partial charge on any atom is 0.233 e. The minimum atomic E-state index is -0.604. The van der Waals surface area contributed by atoms with Gasteiger partial charge in [-0.05, 0) is 92.5 Å². The van der Waals surface area contributed by atoms with Gasteiger partial charge in [0, 0.05) is 5.02 Å². The number of hydrogen-bond acceptors (Lipinski definition) is 3. The van der Waals surface area contributed by atoms with Crippen LogP contribution in [0.3, 0.4) is 0 Å². The molecule has 0 aliphatic heterocycles. The minimum Gasteiger partial charge on any atom is -0.323 e. The summed E-state index contributed by atoms with van der Waals surface area (Å²) in [6, 6.07) is 13.6. The van der Waals surface area contributed by atoms with Crippen LogP contribution in [0.5, 0.6) is 0 Å². The molecular formula is C28H28ClFN4O. The quantitative estimate of drug-likeness (QED) is 0.431. The van der Waals surface area contributed by atoms with E-state index < -0.39 is 11.7 Å². The van der Waals surface area contributed by atoms with Gasteiger partial charge in [-0.2, -0.15) is 10.4 Å². The zero-order valence-electron chi connectivity index (χ0n) is 19.6. The normalized spacial score (nSPS) is 16.8. The van der Waals surface area contributed by atoms with Crippen LogP contribution in [0, 0.1) is 23.1 Å². The molecule has 5 nitrogen and oxygen atoms in total. The first-order valence-electron chi connectivity index (χ1n) is 12.4. The molecule has 1 unspecified atom stereocenters. The lowest BCUT2D eigenvalue weighted by molar-refractivity contribution is -0.119. The largest absolute Gasteiger partial charge is 0.323 e. The number of nitrogens with one attached hydrogen (secondary N) is 1. The van der Waals surface area contributed by atoms with Gasteiger partial charge < -0.3 is 5.32 Å². The smallest absolute Gasteiger partial charge is 0.233 e. The van der Waals surface area contributed by atoms with Crippen LogP contribution < -0.4 is 5.32 Å². The first kappa shape index (κ1) is 23.6. The van der Waals surface area contributed by atoms with E-state index in [1.165, 1.54) is 18.6 Å². The van der Waals surface area contributed by atoms with E-state index >= 15 is 0 Å². The van der Waals surface area contributed by atoms with Crippen LogP contribution in [-0.2, 0) is 17.6 Å². The van der Waals surface area contributed by atoms with Crippen molar-refractivity contribution in [2.24, 2.45) is 5.92 Å². The van der Waals surface area contributed by atoms with Gasteiger partial charge in [0.25, 0.3) is 0 Å². The van der Waals surface area contributed by atoms with E-state index in [9.17, 15) is 9.18 Å². The van der Waals surface area contributed by atoms with Gasteiger partial charge in [-0.3, -0.25) is 4.79 Å². The van der Waals surface area contributed by atoms with Crippen molar-refractivity contribution in [3.05, 3.63) is 75.8 Å². The Hall–Kier alpha value is -3.17. The number of aromatic nitrogens is 2. The van der Waals surface area contributed by atoms with E-state index in [-0.39, 0.29) is 23.1 Å². The number of amides is 1. The van der Waals surface area contributed by atoms with Crippen LogP contribution in [-0.4, -0.2) is 15.7 Å². The van der Waals surface area contributed by atoms with E-state index in [1.54, 1.807) is 0 Å². The number of carbonyl (C=O) groups excluding carboxylic acids is 1. The minimum absolute atomic E-state index is 0.0984. The maximum absolute atomic E-state index is 14.7. The third kappa shape index (κ3) is 4.83. The molecule has 1 heterocycles. The van der Waals surface area contributed by atoms with Gasteiger partial charge in [-0.25, -0.2) is 9.07 Å². The Morgan fingerprint density at radius 1 is 1.09 bits per heavy atom. The predicted octanol–water partition coefficient (Wildman–Crippen LogP) is 6.72. The molecule has 1 N–H and O–H groups in total. The third-order valence-electron chi connectivity index (χ3n) is 7.32. The highest BCUT2D eigenvalue weighted by Gasteiger charge is 2.37. The van der Waals surface area contributed by atoms with Crippen LogP contribution in [0.1, 0.15) is 73.4 Å². The van der Waals surface area contributed by atoms with Crippen LogP contribution in [0.25, 0.3) is 5.69 Å². The molecule has 180 valence electrons. The second-order valence-electron chi connectivity index (χ2n) is 9.58. The lowest BCUT2D eigenvalue weighted by Crippen LogP contribution is -2.31. The number of hydrogen-bond donors (Lipinski definition) is 1. The highest BCUT2D eigenvalue weighted by Crippen LogP contribution is 2.41. The number of aryl methyl sites for hydroxylation is 1. The van der Waals surface area contributed by atoms with Crippen molar-refractivity contribution in [3.8, 4) is 11.8 Å². The molecule has 0 spiro atoms. The van der Waals surface area contributed by atoms with Crippen LogP contribution >= 0.6 is 11.6 Å². The Morgan fingerprint density at radius 3 is 2.54 bits per heavy atom. The molecule has 0 radical (unpaired) electrons. The summed E-state index contributed by atoms with van der Waals surface area (Å²) < 4.78 is 16.6. The molecule has 2 aliphatic carbocycles. The molecule has 1 aromatic heterocycles. The number of benzene rings is 2. The molecule has 2 aliphatic rings. The van der Waals surface area contributed by atoms with Gasteiger partial charge in [0.05, 0.1) is 40.3 Å². The Morgan fingerprint density at radius 2 is 1.83 bits per heavy atom. The highest BCUT2D eigenvalue weighted by atomic mass is 35.5. The summed E-state index contributed by atoms with van der Waals surface area (Å²) in [4.78, 5) is 13.9. The average molecular weight is 491 g/mol. The van der Waals surface area contributed by atoms with Crippen LogP contribution in [0.4, 0.5) is 10.1 Å². The third-order valence-corrected chi connectivity index (χ3v) is 7.57. The topological polar surface area (TPSA) is 70.7 Å². The van der Waals surface area contributed by atoms with E-state index in [4.69, 9.17) is 22.0 Å². The van der Waals surface area contributed by atoms with Gasteiger partial charge in [0.2, 0.25) is 5.91 Å². The van der Waals surface area contributed by atoms with Crippen molar-refractivity contribution in [2.45, 2.75) is 63.7 Å². The summed E-state index contributed by atoms with van der Waals surface area (Å²) in [5, 5.41) is 17.5. The SMILES string of the molecule is N#Cc1ccc(NC(=O)C(c2c3c(nn2-c2ccc(Cl)cc2)CCCC3)C2CCCCC2)c(F)c1. The van der Waals surface area contributed by atoms with Crippen molar-refractivity contribution < 1.29 is 9.18 Å². The number of rotatable bonds is 5. The first-order valence-corrected chi connectivity index (χ1v) is 12.8. The van der Waals surface area contributed by atoms with Crippen LogP contribution in [0.15, 0.2) is 42.5 Å².